The lowest BCUT2D eigenvalue weighted by Gasteiger charge is -2.25. The van der Waals surface area contributed by atoms with Gasteiger partial charge in [0.05, 0.1) is 5.92 Å². The monoisotopic (exact) mass is 226 g/mol. The van der Waals surface area contributed by atoms with Crippen molar-refractivity contribution >= 4 is 12.0 Å². The van der Waals surface area contributed by atoms with Crippen molar-refractivity contribution in [3.63, 3.8) is 0 Å². The number of carbonyl (C=O) groups excluding carboxylic acids is 1. The summed E-state index contributed by atoms with van der Waals surface area (Å²) in [7, 11) is 0. The second kappa shape index (κ2) is 5.53. The smallest absolute Gasteiger partial charge is 0.320 e. The zero-order valence-corrected chi connectivity index (χ0v) is 9.56. The highest BCUT2D eigenvalue weighted by atomic mass is 16.4. The van der Waals surface area contributed by atoms with Crippen molar-refractivity contribution in [3.8, 4) is 0 Å². The summed E-state index contributed by atoms with van der Waals surface area (Å²) in [5.74, 6) is -1.23. The Bertz CT molecular complexity index is 291. The minimum atomic E-state index is -0.818. The van der Waals surface area contributed by atoms with Gasteiger partial charge in [0.1, 0.15) is 0 Å². The van der Waals surface area contributed by atoms with E-state index in [0.717, 1.165) is 0 Å². The average molecular weight is 226 g/mol. The Morgan fingerprint density at radius 3 is 2.75 bits per heavy atom. The van der Waals surface area contributed by atoms with Crippen molar-refractivity contribution in [2.75, 3.05) is 26.2 Å². The van der Waals surface area contributed by atoms with Crippen molar-refractivity contribution in [2.24, 2.45) is 5.92 Å². The SMILES string of the molecule is C=CCN(CC)C(=O)N1CCC(C(=O)O)C1. The van der Waals surface area contributed by atoms with Crippen LogP contribution in [0.4, 0.5) is 4.79 Å². The summed E-state index contributed by atoms with van der Waals surface area (Å²) in [5.41, 5.74) is 0. The van der Waals surface area contributed by atoms with E-state index in [9.17, 15) is 9.59 Å². The van der Waals surface area contributed by atoms with E-state index >= 15 is 0 Å². The van der Waals surface area contributed by atoms with Gasteiger partial charge in [0.15, 0.2) is 0 Å². The Morgan fingerprint density at radius 2 is 2.31 bits per heavy atom. The van der Waals surface area contributed by atoms with E-state index in [0.29, 0.717) is 32.6 Å². The number of carboxylic acid groups (broad SMARTS) is 1. The Morgan fingerprint density at radius 1 is 1.62 bits per heavy atom. The highest BCUT2D eigenvalue weighted by Gasteiger charge is 2.32. The fourth-order valence-corrected chi connectivity index (χ4v) is 1.83. The Hall–Kier alpha value is -1.52. The molecule has 2 amide bonds. The van der Waals surface area contributed by atoms with Crippen molar-refractivity contribution < 1.29 is 14.7 Å². The highest BCUT2D eigenvalue weighted by molar-refractivity contribution is 5.77. The molecular formula is C11H18N2O3. The molecule has 5 heteroatoms. The maximum absolute atomic E-state index is 11.9. The van der Waals surface area contributed by atoms with Gasteiger partial charge in [-0.25, -0.2) is 4.79 Å². The van der Waals surface area contributed by atoms with Crippen molar-refractivity contribution in [2.45, 2.75) is 13.3 Å². The lowest BCUT2D eigenvalue weighted by atomic mass is 10.1. The molecule has 1 aliphatic heterocycles. The van der Waals surface area contributed by atoms with Gasteiger partial charge >= 0.3 is 12.0 Å². The minimum Gasteiger partial charge on any atom is -0.481 e. The molecule has 0 saturated carbocycles. The van der Waals surface area contributed by atoms with Crippen LogP contribution in [0.5, 0.6) is 0 Å². The van der Waals surface area contributed by atoms with E-state index in [4.69, 9.17) is 5.11 Å². The van der Waals surface area contributed by atoms with Crippen LogP contribution < -0.4 is 0 Å². The molecule has 1 heterocycles. The first kappa shape index (κ1) is 12.5. The number of hydrogen-bond acceptors (Lipinski definition) is 2. The maximum atomic E-state index is 11.9. The molecule has 90 valence electrons. The molecule has 1 saturated heterocycles. The number of urea groups is 1. The average Bonchev–Trinajstić information content (AvgIpc) is 2.74. The molecule has 0 radical (unpaired) electrons. The summed E-state index contributed by atoms with van der Waals surface area (Å²) in [6.45, 7) is 7.46. The molecule has 1 rings (SSSR count). The zero-order valence-electron chi connectivity index (χ0n) is 9.56. The summed E-state index contributed by atoms with van der Waals surface area (Å²) < 4.78 is 0. The van der Waals surface area contributed by atoms with Crippen molar-refractivity contribution in [1.29, 1.82) is 0 Å². The van der Waals surface area contributed by atoms with E-state index in [-0.39, 0.29) is 6.03 Å². The number of nitrogens with zero attached hydrogens (tertiary/aromatic N) is 2. The van der Waals surface area contributed by atoms with E-state index < -0.39 is 11.9 Å². The molecule has 5 nitrogen and oxygen atoms in total. The molecule has 1 N–H and O–H groups in total. The van der Waals surface area contributed by atoms with Gasteiger partial charge in [0.2, 0.25) is 0 Å². The Labute approximate surface area is 95.3 Å². The largest absolute Gasteiger partial charge is 0.481 e. The summed E-state index contributed by atoms with van der Waals surface area (Å²) in [6, 6.07) is -0.0915. The summed E-state index contributed by atoms with van der Waals surface area (Å²) >= 11 is 0. The first-order valence-corrected chi connectivity index (χ1v) is 5.47. The topological polar surface area (TPSA) is 60.9 Å². The minimum absolute atomic E-state index is 0.0915. The molecule has 0 aromatic heterocycles. The number of aliphatic carboxylic acids is 1. The van der Waals surface area contributed by atoms with Crippen LogP contribution in [0.15, 0.2) is 12.7 Å². The van der Waals surface area contributed by atoms with Gasteiger partial charge < -0.3 is 14.9 Å². The number of likely N-dealkylation sites (tertiary alicyclic amines) is 1. The third kappa shape index (κ3) is 2.74. The van der Waals surface area contributed by atoms with Crippen LogP contribution in [0.3, 0.4) is 0 Å². The van der Waals surface area contributed by atoms with Crippen molar-refractivity contribution in [1.82, 2.24) is 9.80 Å². The van der Waals surface area contributed by atoms with E-state index in [1.807, 2.05) is 6.92 Å². The van der Waals surface area contributed by atoms with Crippen LogP contribution >= 0.6 is 0 Å². The second-order valence-corrected chi connectivity index (χ2v) is 3.88. The van der Waals surface area contributed by atoms with Crippen LogP contribution in [-0.4, -0.2) is 53.1 Å². The number of amides is 2. The fourth-order valence-electron chi connectivity index (χ4n) is 1.83. The van der Waals surface area contributed by atoms with Crippen LogP contribution in [0.1, 0.15) is 13.3 Å². The molecule has 0 aliphatic carbocycles. The summed E-state index contributed by atoms with van der Waals surface area (Å²) in [4.78, 5) is 26.0. The molecule has 0 spiro atoms. The van der Waals surface area contributed by atoms with Gasteiger partial charge in [-0.05, 0) is 13.3 Å². The molecule has 1 aliphatic rings. The third-order valence-corrected chi connectivity index (χ3v) is 2.81. The Kier molecular flexibility index (Phi) is 4.34. The van der Waals surface area contributed by atoms with Crippen LogP contribution in [0.25, 0.3) is 0 Å². The summed E-state index contributed by atoms with van der Waals surface area (Å²) in [5, 5.41) is 8.84. The first-order valence-electron chi connectivity index (χ1n) is 5.47. The quantitative estimate of drug-likeness (QED) is 0.728. The predicted octanol–water partition coefficient (Wildman–Crippen LogP) is 1.02. The molecule has 1 atom stereocenters. The van der Waals surface area contributed by atoms with E-state index in [1.54, 1.807) is 15.9 Å². The van der Waals surface area contributed by atoms with E-state index in [1.165, 1.54) is 0 Å². The first-order chi connectivity index (χ1) is 7.60. The van der Waals surface area contributed by atoms with Crippen LogP contribution in [0.2, 0.25) is 0 Å². The van der Waals surface area contributed by atoms with Gasteiger partial charge in [-0.3, -0.25) is 4.79 Å². The van der Waals surface area contributed by atoms with Gasteiger partial charge in [0, 0.05) is 26.2 Å². The number of carboxylic acids is 1. The third-order valence-electron chi connectivity index (χ3n) is 2.81. The number of carbonyl (C=O) groups is 2. The molecule has 1 unspecified atom stereocenters. The van der Waals surface area contributed by atoms with Gasteiger partial charge in [-0.15, -0.1) is 6.58 Å². The lowest BCUT2D eigenvalue weighted by molar-refractivity contribution is -0.141. The van der Waals surface area contributed by atoms with Gasteiger partial charge in [-0.2, -0.15) is 0 Å². The highest BCUT2D eigenvalue weighted by Crippen LogP contribution is 2.17. The molecule has 0 aromatic rings. The molecule has 16 heavy (non-hydrogen) atoms. The summed E-state index contributed by atoms with van der Waals surface area (Å²) in [6.07, 6.45) is 2.22. The standard InChI is InChI=1S/C11H18N2O3/c1-3-6-12(4-2)11(16)13-7-5-9(8-13)10(14)15/h3,9H,1,4-8H2,2H3,(H,14,15). The molecule has 1 fully saturated rings. The predicted molar refractivity (Wildman–Crippen MR) is 60.2 cm³/mol. The zero-order chi connectivity index (χ0) is 12.1. The normalized spacial score (nSPS) is 19.6. The molecular weight excluding hydrogens is 208 g/mol. The second-order valence-electron chi connectivity index (χ2n) is 3.88. The van der Waals surface area contributed by atoms with Crippen LogP contribution in [0, 0.1) is 5.92 Å². The Balaban J connectivity index is 2.55. The number of rotatable bonds is 4. The number of hydrogen-bond donors (Lipinski definition) is 1. The fraction of sp³-hybridized carbons (Fsp3) is 0.636. The maximum Gasteiger partial charge on any atom is 0.320 e. The van der Waals surface area contributed by atoms with E-state index in [2.05, 4.69) is 6.58 Å². The lowest BCUT2D eigenvalue weighted by Crippen LogP contribution is -2.42. The molecule has 0 aromatic carbocycles. The van der Waals surface area contributed by atoms with Crippen molar-refractivity contribution in [3.05, 3.63) is 12.7 Å². The van der Waals surface area contributed by atoms with Gasteiger partial charge in [0.25, 0.3) is 0 Å². The van der Waals surface area contributed by atoms with Crippen LogP contribution in [-0.2, 0) is 4.79 Å². The molecule has 0 bridgehead atoms. The number of likely N-dealkylation sites (N-methyl/N-ethyl adjacent to an activating group) is 1. The van der Waals surface area contributed by atoms with Gasteiger partial charge in [-0.1, -0.05) is 6.08 Å².